The van der Waals surface area contributed by atoms with Crippen molar-refractivity contribution in [3.8, 4) is 0 Å². The maximum absolute atomic E-state index is 14.4. The first-order chi connectivity index (χ1) is 19.4. The molecule has 9 heteroatoms. The summed E-state index contributed by atoms with van der Waals surface area (Å²) in [5.74, 6) is -4.31. The van der Waals surface area contributed by atoms with Crippen molar-refractivity contribution in [1.82, 2.24) is 0 Å². The largest absolute Gasteiger partial charge is 0.478 e. The Bertz CT molecular complexity index is 1210. The number of aliphatic hydroxyl groups is 2. The molecule has 4 saturated carbocycles. The summed E-state index contributed by atoms with van der Waals surface area (Å²) < 4.78 is 11.7. The molecule has 0 amide bonds. The van der Waals surface area contributed by atoms with Crippen LogP contribution in [0.25, 0.3) is 0 Å². The second-order valence-corrected chi connectivity index (χ2v) is 14.2. The maximum Gasteiger partial charge on any atom is 0.331 e. The van der Waals surface area contributed by atoms with Crippen molar-refractivity contribution in [3.63, 3.8) is 0 Å². The number of hydrogen-bond acceptors (Lipinski definition) is 8. The number of esters is 2. The molecule has 4 aliphatic rings. The Labute approximate surface area is 248 Å². The Kier molecular flexibility index (Phi) is 8.64. The maximum atomic E-state index is 14.4. The normalized spacial score (nSPS) is 43.8. The van der Waals surface area contributed by atoms with Crippen molar-refractivity contribution in [2.45, 2.75) is 118 Å². The fourth-order valence-corrected chi connectivity index (χ4v) is 9.88. The molecule has 0 aromatic rings. The minimum atomic E-state index is -1.27. The zero-order valence-corrected chi connectivity index (χ0v) is 26.2. The quantitative estimate of drug-likeness (QED) is 0.233. The zero-order chi connectivity index (χ0) is 31.5. The molecule has 4 rings (SSSR count). The molecule has 234 valence electrons. The third-order valence-electron chi connectivity index (χ3n) is 11.7. The first-order valence-corrected chi connectivity index (χ1v) is 15.2. The predicted molar refractivity (Wildman–Crippen MR) is 154 cm³/mol. The van der Waals surface area contributed by atoms with Crippen LogP contribution >= 0.6 is 0 Å². The van der Waals surface area contributed by atoms with Crippen LogP contribution in [-0.2, 0) is 28.7 Å². The van der Waals surface area contributed by atoms with E-state index in [0.29, 0.717) is 24.8 Å². The number of aliphatic hydroxyl groups excluding tert-OH is 2. The molecular weight excluding hydrogens is 540 g/mol. The lowest BCUT2D eigenvalue weighted by Gasteiger charge is -2.69. The Morgan fingerprint density at radius 3 is 2.19 bits per heavy atom. The van der Waals surface area contributed by atoms with E-state index >= 15 is 0 Å². The summed E-state index contributed by atoms with van der Waals surface area (Å²) in [5.41, 5.74) is -1.07. The highest BCUT2D eigenvalue weighted by Gasteiger charge is 2.76. The first kappa shape index (κ1) is 32.4. The molecule has 9 nitrogen and oxygen atoms in total. The molecule has 3 N–H and O–H groups in total. The minimum absolute atomic E-state index is 0.0630. The van der Waals surface area contributed by atoms with Crippen LogP contribution in [0.5, 0.6) is 0 Å². The molecule has 0 spiro atoms. The molecule has 0 bridgehead atoms. The minimum Gasteiger partial charge on any atom is -0.478 e. The number of aliphatic carboxylic acids is 1. The van der Waals surface area contributed by atoms with Crippen LogP contribution in [0.3, 0.4) is 0 Å². The number of hydrogen-bond donors (Lipinski definition) is 3. The van der Waals surface area contributed by atoms with Crippen molar-refractivity contribution >= 4 is 23.7 Å². The van der Waals surface area contributed by atoms with E-state index in [1.54, 1.807) is 0 Å². The molecule has 0 aromatic carbocycles. The van der Waals surface area contributed by atoms with Crippen molar-refractivity contribution in [3.05, 3.63) is 22.8 Å². The molecule has 0 heterocycles. The lowest BCUT2D eigenvalue weighted by molar-refractivity contribution is -0.277. The smallest absolute Gasteiger partial charge is 0.331 e. The number of rotatable bonds is 6. The Morgan fingerprint density at radius 2 is 1.64 bits per heavy atom. The van der Waals surface area contributed by atoms with E-state index < -0.39 is 76.3 Å². The van der Waals surface area contributed by atoms with Crippen LogP contribution in [0.4, 0.5) is 0 Å². The van der Waals surface area contributed by atoms with Gasteiger partial charge in [0, 0.05) is 43.1 Å². The summed E-state index contributed by atoms with van der Waals surface area (Å²) in [6.45, 7) is 14.2. The molecule has 0 unspecified atom stereocenters. The van der Waals surface area contributed by atoms with E-state index in [1.807, 2.05) is 47.6 Å². The monoisotopic (exact) mass is 588 g/mol. The van der Waals surface area contributed by atoms with Gasteiger partial charge in [-0.25, -0.2) is 4.79 Å². The number of allylic oxidation sites excluding steroid dienone is 2. The van der Waals surface area contributed by atoms with E-state index in [1.165, 1.54) is 13.8 Å². The number of carboxylic acid groups (broad SMARTS) is 1. The van der Waals surface area contributed by atoms with Gasteiger partial charge in [-0.1, -0.05) is 39.3 Å². The van der Waals surface area contributed by atoms with E-state index in [-0.39, 0.29) is 36.5 Å². The number of carbonyl (C=O) groups excluding carboxylic acids is 3. The van der Waals surface area contributed by atoms with Gasteiger partial charge in [-0.05, 0) is 74.2 Å². The molecule has 0 aliphatic heterocycles. The molecular formula is C33H48O9. The number of carbonyl (C=O) groups is 4. The topological polar surface area (TPSA) is 147 Å². The van der Waals surface area contributed by atoms with Crippen molar-refractivity contribution < 1.29 is 44.0 Å². The van der Waals surface area contributed by atoms with E-state index in [4.69, 9.17) is 9.47 Å². The van der Waals surface area contributed by atoms with Gasteiger partial charge in [-0.2, -0.15) is 0 Å². The highest BCUT2D eigenvalue weighted by Crippen LogP contribution is 2.74. The third-order valence-corrected chi connectivity index (χ3v) is 11.7. The molecule has 42 heavy (non-hydrogen) atoms. The Balaban J connectivity index is 1.95. The Hall–Kier alpha value is -2.52. The van der Waals surface area contributed by atoms with E-state index in [0.717, 1.165) is 5.57 Å². The summed E-state index contributed by atoms with van der Waals surface area (Å²) in [6.07, 6.45) is 0.161. The van der Waals surface area contributed by atoms with Gasteiger partial charge in [0.15, 0.2) is 0 Å². The van der Waals surface area contributed by atoms with E-state index in [9.17, 15) is 34.5 Å². The van der Waals surface area contributed by atoms with Gasteiger partial charge in [0.05, 0.1) is 12.2 Å². The van der Waals surface area contributed by atoms with Gasteiger partial charge in [0.25, 0.3) is 0 Å². The van der Waals surface area contributed by atoms with Crippen LogP contribution in [0, 0.1) is 39.9 Å². The van der Waals surface area contributed by atoms with Crippen LogP contribution in [0.2, 0.25) is 0 Å². The zero-order valence-electron chi connectivity index (χ0n) is 26.2. The first-order valence-electron chi connectivity index (χ1n) is 15.2. The fourth-order valence-electron chi connectivity index (χ4n) is 9.88. The van der Waals surface area contributed by atoms with Crippen LogP contribution in [0.15, 0.2) is 22.8 Å². The average molecular weight is 589 g/mol. The number of ketones is 1. The number of carboxylic acids is 1. The van der Waals surface area contributed by atoms with Crippen molar-refractivity contribution in [1.29, 1.82) is 0 Å². The van der Waals surface area contributed by atoms with Crippen LogP contribution in [0.1, 0.15) is 93.9 Å². The highest BCUT2D eigenvalue weighted by molar-refractivity contribution is 5.90. The van der Waals surface area contributed by atoms with Gasteiger partial charge in [0.2, 0.25) is 0 Å². The standard InChI is InChI=1S/C33H48O9/c1-16(2)10-9-11-20(30(39)40)25-21-14-23(37)28-31(6)13-12-22(36)17(3)26(31)27(42-19(5)35)29(38)33(28,8)32(21,7)15-24(25)41-18(4)34/h10,17,21-22,24,26-29,36,38H,9,11-15H2,1-8H3,(H,39,40)/b25-20-/t17-,21+,22-,24+,26+,27-,28-,29+,31+,32+,33-/m1/s1. The molecule has 4 aliphatic carbocycles. The third kappa shape index (κ3) is 4.84. The number of Topliss-reactive ketones (excluding diaryl/α,β-unsaturated/α-hetero) is 1. The molecule has 11 atom stereocenters. The molecule has 0 radical (unpaired) electrons. The fraction of sp³-hybridized carbons (Fsp3) is 0.758. The molecule has 4 fully saturated rings. The summed E-state index contributed by atoms with van der Waals surface area (Å²) in [4.78, 5) is 51.9. The van der Waals surface area contributed by atoms with Gasteiger partial charge in [0.1, 0.15) is 18.0 Å². The van der Waals surface area contributed by atoms with Crippen molar-refractivity contribution in [2.75, 3.05) is 0 Å². The van der Waals surface area contributed by atoms with Crippen LogP contribution < -0.4 is 0 Å². The second kappa shape index (κ2) is 11.2. The molecule has 0 saturated heterocycles. The van der Waals surface area contributed by atoms with Gasteiger partial charge in [-0.15, -0.1) is 0 Å². The summed E-state index contributed by atoms with van der Waals surface area (Å²) in [6, 6.07) is 0. The molecule has 0 aromatic heterocycles. The van der Waals surface area contributed by atoms with Gasteiger partial charge >= 0.3 is 17.9 Å². The second-order valence-electron chi connectivity index (χ2n) is 14.2. The predicted octanol–water partition coefficient (Wildman–Crippen LogP) is 4.39. The highest BCUT2D eigenvalue weighted by atomic mass is 16.6. The summed E-state index contributed by atoms with van der Waals surface area (Å²) in [7, 11) is 0. The Morgan fingerprint density at radius 1 is 1.02 bits per heavy atom. The summed E-state index contributed by atoms with van der Waals surface area (Å²) >= 11 is 0. The lowest BCUT2D eigenvalue weighted by Crippen LogP contribution is -2.74. The van der Waals surface area contributed by atoms with Crippen LogP contribution in [-0.4, -0.2) is 63.4 Å². The SMILES string of the molecule is CC(=O)O[C@@H]1[C@@H]2[C@H](C)[C@H](O)CC[C@]2(C)[C@H]2C(=O)C[C@H]3/C(=C(\CCC=C(C)C)C(=O)O)[C@@H](OC(C)=O)C[C@]3(C)[C@@]2(C)[C@H]1O. The van der Waals surface area contributed by atoms with Gasteiger partial charge < -0.3 is 24.8 Å². The van der Waals surface area contributed by atoms with E-state index in [2.05, 4.69) is 0 Å². The van der Waals surface area contributed by atoms with Crippen molar-refractivity contribution in [2.24, 2.45) is 39.9 Å². The number of ether oxygens (including phenoxy) is 2. The number of fused-ring (bicyclic) bond motifs is 5. The van der Waals surface area contributed by atoms with Gasteiger partial charge in [-0.3, -0.25) is 14.4 Å². The average Bonchev–Trinajstić information content (AvgIpc) is 3.13. The lowest BCUT2D eigenvalue weighted by atomic mass is 9.35. The summed E-state index contributed by atoms with van der Waals surface area (Å²) in [5, 5.41) is 33.5.